The van der Waals surface area contributed by atoms with E-state index in [4.69, 9.17) is 10.8 Å². The average molecular weight is 225 g/mol. The minimum absolute atomic E-state index is 0.142. The van der Waals surface area contributed by atoms with Crippen LogP contribution in [0.4, 0.5) is 5.69 Å². The topological polar surface area (TPSA) is 102 Å². The lowest BCUT2D eigenvalue weighted by Gasteiger charge is -2.00. The zero-order chi connectivity index (χ0) is 12.0. The number of para-hydroxylation sites is 1. The molecular weight excluding hydrogens is 218 g/mol. The van der Waals surface area contributed by atoms with Gasteiger partial charge in [-0.05, 0) is 6.07 Å². The number of fused-ring (bicyclic) bond motifs is 1. The molecule has 1 aromatic rings. The molecule has 0 radical (unpaired) electrons. The smallest absolute Gasteiger partial charge is 0.257 e. The minimum Gasteiger partial charge on any atom is -0.321 e. The summed E-state index contributed by atoms with van der Waals surface area (Å²) < 4.78 is 0. The van der Waals surface area contributed by atoms with Gasteiger partial charge in [0.05, 0.1) is 11.1 Å². The van der Waals surface area contributed by atoms with Crippen molar-refractivity contribution in [1.82, 2.24) is 0 Å². The summed E-state index contributed by atoms with van der Waals surface area (Å²) in [6.45, 7) is 0. The van der Waals surface area contributed by atoms with Crippen molar-refractivity contribution in [2.45, 2.75) is 0 Å². The Morgan fingerprint density at radius 3 is 2.35 bits per heavy atom. The van der Waals surface area contributed by atoms with Crippen molar-refractivity contribution >= 4 is 28.8 Å². The normalized spacial score (nSPS) is 17.8. The van der Waals surface area contributed by atoms with Gasteiger partial charge < -0.3 is 5.32 Å². The number of anilines is 1. The molecule has 2 aliphatic rings. The van der Waals surface area contributed by atoms with Gasteiger partial charge in [0.1, 0.15) is 0 Å². The fraction of sp³-hybridized carbons (Fsp3) is 0. The molecule has 1 amide bonds. The molecular formula is C11H7N5O. The molecule has 0 fully saturated rings. The van der Waals surface area contributed by atoms with E-state index in [2.05, 4.69) is 15.5 Å². The predicted octanol–water partition coefficient (Wildman–Crippen LogP) is 1.81. The van der Waals surface area contributed by atoms with Crippen molar-refractivity contribution in [3.05, 3.63) is 35.4 Å². The first-order valence-corrected chi connectivity index (χ1v) is 4.93. The third-order valence-corrected chi connectivity index (χ3v) is 2.65. The van der Waals surface area contributed by atoms with Gasteiger partial charge in [0.15, 0.2) is 11.7 Å². The highest BCUT2D eigenvalue weighted by atomic mass is 16.2. The van der Waals surface area contributed by atoms with Gasteiger partial charge in [0.2, 0.25) is 0 Å². The van der Waals surface area contributed by atoms with Crippen LogP contribution in [0.15, 0.2) is 40.1 Å². The second kappa shape index (κ2) is 3.18. The SMILES string of the molecule is N=C1N=NC(=N)C1=C1C(=O)Nc2ccccc21. The van der Waals surface area contributed by atoms with E-state index in [1.807, 2.05) is 6.07 Å². The van der Waals surface area contributed by atoms with Crippen LogP contribution in [0, 0.1) is 10.8 Å². The van der Waals surface area contributed by atoms with E-state index in [0.717, 1.165) is 0 Å². The Balaban J connectivity index is 2.29. The summed E-state index contributed by atoms with van der Waals surface area (Å²) in [6, 6.07) is 7.16. The second-order valence-electron chi connectivity index (χ2n) is 3.65. The van der Waals surface area contributed by atoms with Crippen molar-refractivity contribution in [3.63, 3.8) is 0 Å². The molecule has 6 nitrogen and oxygen atoms in total. The van der Waals surface area contributed by atoms with Crippen molar-refractivity contribution in [2.75, 3.05) is 5.32 Å². The highest BCUT2D eigenvalue weighted by Crippen LogP contribution is 2.35. The van der Waals surface area contributed by atoms with Gasteiger partial charge in [-0.25, -0.2) is 0 Å². The van der Waals surface area contributed by atoms with Crippen LogP contribution in [0.5, 0.6) is 0 Å². The van der Waals surface area contributed by atoms with Gasteiger partial charge >= 0.3 is 0 Å². The van der Waals surface area contributed by atoms with Crippen LogP contribution < -0.4 is 5.32 Å². The van der Waals surface area contributed by atoms with Gasteiger partial charge in [-0.3, -0.25) is 15.6 Å². The van der Waals surface area contributed by atoms with Gasteiger partial charge in [-0.1, -0.05) is 18.2 Å². The fourth-order valence-electron chi connectivity index (χ4n) is 1.91. The average Bonchev–Trinajstić information content (AvgIpc) is 2.79. The van der Waals surface area contributed by atoms with Crippen LogP contribution >= 0.6 is 0 Å². The molecule has 0 aromatic heterocycles. The number of nitrogens with zero attached hydrogens (tertiary/aromatic N) is 2. The van der Waals surface area contributed by atoms with Crippen molar-refractivity contribution in [2.24, 2.45) is 10.2 Å². The Morgan fingerprint density at radius 1 is 1.00 bits per heavy atom. The molecule has 0 saturated carbocycles. The number of carbonyl (C=O) groups excluding carboxylic acids is 1. The maximum Gasteiger partial charge on any atom is 0.257 e. The zero-order valence-corrected chi connectivity index (χ0v) is 8.61. The number of amides is 1. The molecule has 3 rings (SSSR count). The first-order chi connectivity index (χ1) is 8.18. The highest BCUT2D eigenvalue weighted by molar-refractivity contribution is 6.43. The first kappa shape index (κ1) is 9.59. The third kappa shape index (κ3) is 1.24. The van der Waals surface area contributed by atoms with Crippen molar-refractivity contribution in [1.29, 1.82) is 10.8 Å². The summed E-state index contributed by atoms with van der Waals surface area (Å²) in [5.74, 6) is -0.600. The lowest BCUT2D eigenvalue weighted by Crippen LogP contribution is -2.11. The molecule has 1 aromatic carbocycles. The first-order valence-electron chi connectivity index (χ1n) is 4.93. The predicted molar refractivity (Wildman–Crippen MR) is 62.3 cm³/mol. The summed E-state index contributed by atoms with van der Waals surface area (Å²) in [7, 11) is 0. The van der Waals surface area contributed by atoms with E-state index in [0.29, 0.717) is 16.8 Å². The Labute approximate surface area is 96.1 Å². The van der Waals surface area contributed by atoms with Crippen LogP contribution in [-0.2, 0) is 4.79 Å². The van der Waals surface area contributed by atoms with Crippen LogP contribution in [0.25, 0.3) is 5.57 Å². The van der Waals surface area contributed by atoms with Crippen molar-refractivity contribution in [3.8, 4) is 0 Å². The number of benzene rings is 1. The molecule has 0 unspecified atom stereocenters. The summed E-state index contributed by atoms with van der Waals surface area (Å²) in [4.78, 5) is 11.9. The fourth-order valence-corrected chi connectivity index (χ4v) is 1.91. The molecule has 6 heteroatoms. The number of amidine groups is 2. The standard InChI is InChI=1S/C11H7N5O/c12-9-8(10(13)16-15-9)7-5-3-1-2-4-6(5)14-11(7)17/h1-4,12-13H,(H,14,17). The number of azo groups is 1. The summed E-state index contributed by atoms with van der Waals surface area (Å²) in [6.07, 6.45) is 0. The van der Waals surface area contributed by atoms with E-state index in [1.54, 1.807) is 18.2 Å². The molecule has 2 aliphatic heterocycles. The van der Waals surface area contributed by atoms with Gasteiger partial charge in [-0.15, -0.1) is 10.2 Å². The van der Waals surface area contributed by atoms with Crippen LogP contribution in [0.1, 0.15) is 5.56 Å². The number of carbonyl (C=O) groups is 1. The Bertz CT molecular complexity index is 621. The second-order valence-corrected chi connectivity index (χ2v) is 3.65. The maximum absolute atomic E-state index is 11.9. The number of rotatable bonds is 0. The maximum atomic E-state index is 11.9. The van der Waals surface area contributed by atoms with Crippen molar-refractivity contribution < 1.29 is 4.79 Å². The van der Waals surface area contributed by atoms with Gasteiger partial charge in [0, 0.05) is 11.3 Å². The summed E-state index contributed by atoms with van der Waals surface area (Å²) in [5, 5.41) is 24.9. The molecule has 0 spiro atoms. The Hall–Kier alpha value is -2.63. The van der Waals surface area contributed by atoms with Gasteiger partial charge in [-0.2, -0.15) is 0 Å². The number of hydrogen-bond donors (Lipinski definition) is 3. The summed E-state index contributed by atoms with van der Waals surface area (Å²) in [5.41, 5.74) is 1.87. The molecule has 0 bridgehead atoms. The number of nitrogens with one attached hydrogen (secondary N) is 3. The van der Waals surface area contributed by atoms with Crippen LogP contribution in [0.2, 0.25) is 0 Å². The third-order valence-electron chi connectivity index (χ3n) is 2.65. The van der Waals surface area contributed by atoms with Crippen LogP contribution in [-0.4, -0.2) is 17.6 Å². The molecule has 0 atom stereocenters. The van der Waals surface area contributed by atoms with E-state index in [-0.39, 0.29) is 23.2 Å². The molecule has 3 N–H and O–H groups in total. The van der Waals surface area contributed by atoms with E-state index in [1.165, 1.54) is 0 Å². The Kier molecular flexibility index (Phi) is 1.79. The number of hydrogen-bond acceptors (Lipinski definition) is 3. The van der Waals surface area contributed by atoms with Crippen LogP contribution in [0.3, 0.4) is 0 Å². The van der Waals surface area contributed by atoms with Gasteiger partial charge in [0.25, 0.3) is 5.91 Å². The van der Waals surface area contributed by atoms with E-state index < -0.39 is 0 Å². The quantitative estimate of drug-likeness (QED) is 0.576. The lowest BCUT2D eigenvalue weighted by molar-refractivity contribution is -0.110. The molecule has 0 saturated heterocycles. The van der Waals surface area contributed by atoms with E-state index >= 15 is 0 Å². The monoisotopic (exact) mass is 225 g/mol. The molecule has 2 heterocycles. The lowest BCUT2D eigenvalue weighted by atomic mass is 10.0. The minimum atomic E-state index is -0.317. The van der Waals surface area contributed by atoms with E-state index in [9.17, 15) is 4.79 Å². The summed E-state index contributed by atoms with van der Waals surface area (Å²) >= 11 is 0. The molecule has 82 valence electrons. The molecule has 17 heavy (non-hydrogen) atoms. The molecule has 0 aliphatic carbocycles. The highest BCUT2D eigenvalue weighted by Gasteiger charge is 2.32. The largest absolute Gasteiger partial charge is 0.321 e. The Morgan fingerprint density at radius 2 is 1.65 bits per heavy atom. The zero-order valence-electron chi connectivity index (χ0n) is 8.61.